The zero-order valence-electron chi connectivity index (χ0n) is 22.6. The second kappa shape index (κ2) is 14.4. The van der Waals surface area contributed by atoms with Crippen LogP contribution in [0.25, 0.3) is 0 Å². The van der Waals surface area contributed by atoms with Crippen molar-refractivity contribution in [3.8, 4) is 0 Å². The predicted molar refractivity (Wildman–Crippen MR) is 133 cm³/mol. The van der Waals surface area contributed by atoms with Crippen molar-refractivity contribution in [1.29, 1.82) is 0 Å². The molecule has 0 aromatic carbocycles. The molecular weight excluding hydrogens is 560 g/mol. The van der Waals surface area contributed by atoms with E-state index in [4.69, 9.17) is 28.4 Å². The Hall–Kier alpha value is -0.423. The summed E-state index contributed by atoms with van der Waals surface area (Å²) in [7, 11) is -1.47. The lowest BCUT2D eigenvalue weighted by molar-refractivity contribution is -0.380. The Morgan fingerprint density at radius 1 is 0.525 bits per heavy atom. The maximum Gasteiger partial charge on any atom is 0.187 e. The summed E-state index contributed by atoms with van der Waals surface area (Å²) in [6.45, 7) is 4.43. The van der Waals surface area contributed by atoms with Crippen LogP contribution in [-0.4, -0.2) is 178 Å². The van der Waals surface area contributed by atoms with E-state index in [9.17, 15) is 51.1 Å². The topological polar surface area (TPSA) is 258 Å². The third kappa shape index (κ3) is 7.74. The highest BCUT2D eigenvalue weighted by molar-refractivity contribution is 6.76. The van der Waals surface area contributed by atoms with Crippen LogP contribution in [0, 0.1) is 0 Å². The Bertz CT molecular complexity index is 770. The number of hydrogen-bond donors (Lipinski definition) is 10. The molecule has 3 saturated heterocycles. The van der Waals surface area contributed by atoms with Crippen LogP contribution < -0.4 is 0 Å². The van der Waals surface area contributed by atoms with Gasteiger partial charge in [0.2, 0.25) is 0 Å². The van der Waals surface area contributed by atoms with E-state index in [1.54, 1.807) is 0 Å². The zero-order valence-corrected chi connectivity index (χ0v) is 23.6. The highest BCUT2D eigenvalue weighted by atomic mass is 28.3. The fraction of sp³-hybridized carbons (Fsp3) is 1.00. The number of ether oxygens (including phenoxy) is 6. The summed E-state index contributed by atoms with van der Waals surface area (Å²) >= 11 is 0. The minimum atomic E-state index is -1.88. The van der Waals surface area contributed by atoms with Gasteiger partial charge >= 0.3 is 0 Å². The molecule has 0 radical (unpaired) electrons. The van der Waals surface area contributed by atoms with Gasteiger partial charge in [0.1, 0.15) is 73.2 Å². The molecule has 0 spiro atoms. The van der Waals surface area contributed by atoms with Gasteiger partial charge in [0, 0.05) is 14.7 Å². The first-order valence-electron chi connectivity index (χ1n) is 13.2. The van der Waals surface area contributed by atoms with Crippen LogP contribution in [0.2, 0.25) is 25.7 Å². The maximum absolute atomic E-state index is 11.0. The van der Waals surface area contributed by atoms with Crippen LogP contribution in [0.3, 0.4) is 0 Å². The van der Waals surface area contributed by atoms with Gasteiger partial charge < -0.3 is 79.5 Å². The second-order valence-electron chi connectivity index (χ2n) is 11.5. The van der Waals surface area contributed by atoms with Crippen molar-refractivity contribution in [2.45, 2.75) is 118 Å². The number of hydrogen-bond acceptors (Lipinski definition) is 16. The summed E-state index contributed by atoms with van der Waals surface area (Å²) in [4.78, 5) is 0. The average molecular weight is 605 g/mol. The third-order valence-electron chi connectivity index (χ3n) is 7.21. The minimum Gasteiger partial charge on any atom is -0.394 e. The molecule has 3 heterocycles. The monoisotopic (exact) mass is 604 g/mol. The third-order valence-corrected chi connectivity index (χ3v) is 8.91. The molecule has 3 aliphatic heterocycles. The van der Waals surface area contributed by atoms with Crippen molar-refractivity contribution < 1.29 is 79.5 Å². The number of aliphatic hydroxyl groups excluding tert-OH is 10. The first-order chi connectivity index (χ1) is 18.7. The normalized spacial score (nSPS) is 46.9. The average Bonchev–Trinajstić information content (AvgIpc) is 2.90. The molecule has 0 saturated carbocycles. The van der Waals surface area contributed by atoms with Gasteiger partial charge in [0.15, 0.2) is 18.9 Å². The van der Waals surface area contributed by atoms with Crippen LogP contribution in [0.5, 0.6) is 0 Å². The molecule has 10 N–H and O–H groups in total. The van der Waals surface area contributed by atoms with Gasteiger partial charge in [-0.05, 0) is 6.04 Å². The van der Waals surface area contributed by atoms with E-state index in [0.29, 0.717) is 0 Å². The van der Waals surface area contributed by atoms with Crippen molar-refractivity contribution in [3.63, 3.8) is 0 Å². The van der Waals surface area contributed by atoms with Crippen molar-refractivity contribution in [2.75, 3.05) is 26.4 Å². The van der Waals surface area contributed by atoms with Crippen molar-refractivity contribution >= 4 is 8.07 Å². The second-order valence-corrected chi connectivity index (χ2v) is 17.1. The van der Waals surface area contributed by atoms with E-state index in [1.165, 1.54) is 0 Å². The molecule has 3 aliphatic rings. The van der Waals surface area contributed by atoms with Gasteiger partial charge in [0.25, 0.3) is 0 Å². The van der Waals surface area contributed by atoms with Crippen LogP contribution in [-0.2, 0) is 28.4 Å². The molecule has 3 fully saturated rings. The fourth-order valence-corrected chi connectivity index (χ4v) is 5.39. The summed E-state index contributed by atoms with van der Waals surface area (Å²) in [5.41, 5.74) is 0. The summed E-state index contributed by atoms with van der Waals surface area (Å²) < 4.78 is 33.2. The number of aliphatic hydroxyl groups is 10. The van der Waals surface area contributed by atoms with E-state index in [0.717, 1.165) is 6.04 Å². The van der Waals surface area contributed by atoms with Crippen molar-refractivity contribution in [3.05, 3.63) is 0 Å². The summed E-state index contributed by atoms with van der Waals surface area (Å²) in [5, 5.41) is 102. The summed E-state index contributed by atoms with van der Waals surface area (Å²) in [6, 6.07) is 0.752. The molecule has 236 valence electrons. The lowest BCUT2D eigenvalue weighted by Crippen LogP contribution is -2.66. The van der Waals surface area contributed by atoms with Gasteiger partial charge in [-0.25, -0.2) is 0 Å². The lowest BCUT2D eigenvalue weighted by atomic mass is 9.96. The Labute approximate surface area is 232 Å². The molecule has 17 heteroatoms. The van der Waals surface area contributed by atoms with Gasteiger partial charge in [-0.2, -0.15) is 0 Å². The van der Waals surface area contributed by atoms with Gasteiger partial charge in [-0.1, -0.05) is 19.6 Å². The molecule has 3 rings (SSSR count). The van der Waals surface area contributed by atoms with E-state index in [1.807, 2.05) is 0 Å². The van der Waals surface area contributed by atoms with Gasteiger partial charge in [-0.15, -0.1) is 0 Å². The predicted octanol–water partition coefficient (Wildman–Crippen LogP) is -5.21. The van der Waals surface area contributed by atoms with Crippen molar-refractivity contribution in [2.24, 2.45) is 0 Å². The summed E-state index contributed by atoms with van der Waals surface area (Å²) in [6.07, 6.45) is -24.1. The highest BCUT2D eigenvalue weighted by Crippen LogP contribution is 2.32. The Morgan fingerprint density at radius 2 is 1.00 bits per heavy atom. The van der Waals surface area contributed by atoms with Gasteiger partial charge in [0.05, 0.1) is 19.8 Å². The molecule has 16 nitrogen and oxygen atoms in total. The Balaban J connectivity index is 1.72. The van der Waals surface area contributed by atoms with Crippen LogP contribution in [0.1, 0.15) is 0 Å². The van der Waals surface area contributed by atoms with Crippen LogP contribution in [0.15, 0.2) is 0 Å². The van der Waals surface area contributed by atoms with E-state index in [-0.39, 0.29) is 6.61 Å². The SMILES string of the molecule is C[Si](C)(C)CCO[C@@H]1O[C@H](CO)[C@H](O[C@H]2O[C@H](CO)[C@H](O)[C@H](O[C@@H]3O[C@H](CO)[C@H](O)[C@H](O)[C@H]3O)[C@H]2O)[C@H](O)[C@H]1O. The molecule has 15 atom stereocenters. The van der Waals surface area contributed by atoms with Crippen LogP contribution >= 0.6 is 0 Å². The Kier molecular flexibility index (Phi) is 12.2. The largest absolute Gasteiger partial charge is 0.394 e. The molecule has 0 amide bonds. The van der Waals surface area contributed by atoms with E-state index in [2.05, 4.69) is 19.6 Å². The van der Waals surface area contributed by atoms with Gasteiger partial charge in [-0.3, -0.25) is 0 Å². The Morgan fingerprint density at radius 3 is 1.55 bits per heavy atom. The quantitative estimate of drug-likeness (QED) is 0.0988. The highest BCUT2D eigenvalue weighted by Gasteiger charge is 2.53. The van der Waals surface area contributed by atoms with E-state index < -0.39 is 120 Å². The molecule has 0 bridgehead atoms. The molecule has 0 aromatic rings. The smallest absolute Gasteiger partial charge is 0.187 e. The first-order valence-corrected chi connectivity index (χ1v) is 16.9. The fourth-order valence-electron chi connectivity index (χ4n) is 4.66. The lowest BCUT2D eigenvalue weighted by Gasteiger charge is -2.48. The first kappa shape index (κ1) is 34.1. The minimum absolute atomic E-state index is 0.255. The van der Waals surface area contributed by atoms with Crippen LogP contribution in [0.4, 0.5) is 0 Å². The molecule has 0 aliphatic carbocycles. The number of rotatable bonds is 11. The van der Waals surface area contributed by atoms with Crippen molar-refractivity contribution in [1.82, 2.24) is 0 Å². The standard InChI is InChI=1S/C23H44O16Si/c1-40(2,3)5-4-34-21-17(32)15(30)19(11(8-26)37-21)38-23-18(33)20(13(28)10(7-25)36-23)39-22-16(31)14(29)12(27)9(6-24)35-22/h9-33H,4-8H2,1-3H3/t9-,10-,11-,12+,13+,14+,15-,16-,17-,18-,19+,20+,21-,22+,23-/m1/s1. The molecular formula is C23H44O16Si. The molecule has 0 aromatic heterocycles. The zero-order chi connectivity index (χ0) is 29.9. The molecule has 40 heavy (non-hydrogen) atoms. The summed E-state index contributed by atoms with van der Waals surface area (Å²) in [5.74, 6) is 0. The molecule has 0 unspecified atom stereocenters. The van der Waals surface area contributed by atoms with E-state index >= 15 is 0 Å². The maximum atomic E-state index is 11.0.